The van der Waals surface area contributed by atoms with Crippen LogP contribution in [-0.4, -0.2) is 29.9 Å². The highest BCUT2D eigenvalue weighted by molar-refractivity contribution is 5.96. The quantitative estimate of drug-likeness (QED) is 0.624. The molecule has 0 bridgehead atoms. The number of allylic oxidation sites excluding steroid dienone is 1. The monoisotopic (exact) mass is 447 g/mol. The highest BCUT2D eigenvalue weighted by Crippen LogP contribution is 2.38. The molecule has 1 amide bonds. The van der Waals surface area contributed by atoms with Crippen molar-refractivity contribution in [3.63, 3.8) is 0 Å². The summed E-state index contributed by atoms with van der Waals surface area (Å²) < 4.78 is 48.9. The number of hydrogen-bond donors (Lipinski definition) is 0. The van der Waals surface area contributed by atoms with Crippen LogP contribution in [0.15, 0.2) is 66.9 Å². The third-order valence-corrected chi connectivity index (χ3v) is 5.06. The summed E-state index contributed by atoms with van der Waals surface area (Å²) in [5.41, 5.74) is 0.109. The van der Waals surface area contributed by atoms with E-state index < -0.39 is 41.5 Å². The van der Waals surface area contributed by atoms with E-state index in [0.717, 1.165) is 35.8 Å². The van der Waals surface area contributed by atoms with Crippen LogP contribution < -0.4 is 0 Å². The Bertz CT molecular complexity index is 1000. The lowest BCUT2D eigenvalue weighted by Gasteiger charge is -2.36. The number of amides is 1. The summed E-state index contributed by atoms with van der Waals surface area (Å²) in [4.78, 5) is 38.4. The van der Waals surface area contributed by atoms with Gasteiger partial charge in [0.1, 0.15) is 6.61 Å². The molecule has 32 heavy (non-hydrogen) atoms. The average molecular weight is 447 g/mol. The number of carbonyl (C=O) groups is 3. The molecule has 2 aromatic carbocycles. The summed E-state index contributed by atoms with van der Waals surface area (Å²) in [5.74, 6) is -2.19. The van der Waals surface area contributed by atoms with Crippen LogP contribution in [-0.2, 0) is 31.8 Å². The molecule has 0 radical (unpaired) electrons. The lowest BCUT2D eigenvalue weighted by atomic mass is 9.83. The van der Waals surface area contributed by atoms with Gasteiger partial charge in [-0.1, -0.05) is 42.5 Å². The average Bonchev–Trinajstić information content (AvgIpc) is 2.78. The number of esters is 1. The maximum Gasteiger partial charge on any atom is 0.416 e. The van der Waals surface area contributed by atoms with Crippen molar-refractivity contribution in [3.05, 3.63) is 83.6 Å². The first-order valence-corrected chi connectivity index (χ1v) is 9.65. The number of ether oxygens (including phenoxy) is 2. The van der Waals surface area contributed by atoms with Gasteiger partial charge >= 0.3 is 18.2 Å². The zero-order valence-corrected chi connectivity index (χ0v) is 17.0. The number of carbonyl (C=O) groups excluding carboxylic acids is 3. The summed E-state index contributed by atoms with van der Waals surface area (Å²) in [6.07, 6.45) is -3.35. The number of halogens is 3. The highest BCUT2D eigenvalue weighted by Gasteiger charge is 2.40. The smallest absolute Gasteiger partial charge is 0.416 e. The van der Waals surface area contributed by atoms with Crippen molar-refractivity contribution in [1.29, 1.82) is 0 Å². The van der Waals surface area contributed by atoms with Gasteiger partial charge in [-0.2, -0.15) is 13.2 Å². The first-order valence-electron chi connectivity index (χ1n) is 9.65. The molecular weight excluding hydrogens is 427 g/mol. The number of nitrogens with zero attached hydrogens (tertiary/aromatic N) is 1. The Kier molecular flexibility index (Phi) is 6.97. The van der Waals surface area contributed by atoms with Gasteiger partial charge in [0.25, 0.3) is 0 Å². The second-order valence-corrected chi connectivity index (χ2v) is 7.12. The lowest BCUT2D eigenvalue weighted by molar-refractivity contribution is -0.144. The van der Waals surface area contributed by atoms with E-state index in [2.05, 4.69) is 4.74 Å². The van der Waals surface area contributed by atoms with Crippen LogP contribution in [0.4, 0.5) is 18.0 Å². The van der Waals surface area contributed by atoms with Crippen LogP contribution in [0, 0.1) is 5.92 Å². The van der Waals surface area contributed by atoms with Gasteiger partial charge in [0, 0.05) is 6.20 Å². The molecule has 3 rings (SSSR count). The lowest BCUT2D eigenvalue weighted by Crippen LogP contribution is -2.41. The number of methoxy groups -OCH3 is 1. The topological polar surface area (TPSA) is 72.9 Å². The van der Waals surface area contributed by atoms with Gasteiger partial charge in [0.2, 0.25) is 0 Å². The molecule has 0 aliphatic carbocycles. The first-order chi connectivity index (χ1) is 15.2. The van der Waals surface area contributed by atoms with Gasteiger partial charge in [-0.15, -0.1) is 0 Å². The minimum absolute atomic E-state index is 0.0423. The van der Waals surface area contributed by atoms with E-state index in [9.17, 15) is 27.6 Å². The molecule has 6 nitrogen and oxygen atoms in total. The zero-order chi connectivity index (χ0) is 23.3. The molecule has 2 atom stereocenters. The van der Waals surface area contributed by atoms with Crippen molar-refractivity contribution < 1.29 is 37.0 Å². The summed E-state index contributed by atoms with van der Waals surface area (Å²) in [6, 6.07) is 11.9. The van der Waals surface area contributed by atoms with Crippen LogP contribution in [0.25, 0.3) is 0 Å². The van der Waals surface area contributed by atoms with E-state index in [-0.39, 0.29) is 18.6 Å². The fraction of sp³-hybridized carbons (Fsp3) is 0.261. The number of benzene rings is 2. The molecule has 0 N–H and O–H groups in total. The van der Waals surface area contributed by atoms with Gasteiger partial charge in [-0.3, -0.25) is 14.5 Å². The van der Waals surface area contributed by atoms with Gasteiger partial charge in [0.15, 0.2) is 5.78 Å². The van der Waals surface area contributed by atoms with Gasteiger partial charge < -0.3 is 9.47 Å². The molecule has 0 saturated heterocycles. The van der Waals surface area contributed by atoms with Crippen molar-refractivity contribution in [3.8, 4) is 0 Å². The highest BCUT2D eigenvalue weighted by atomic mass is 19.4. The van der Waals surface area contributed by atoms with Crippen molar-refractivity contribution in [1.82, 2.24) is 4.90 Å². The Balaban J connectivity index is 1.92. The largest absolute Gasteiger partial charge is 0.469 e. The van der Waals surface area contributed by atoms with Gasteiger partial charge in [-0.05, 0) is 29.3 Å². The number of ketones is 1. The maximum atomic E-state index is 13.0. The van der Waals surface area contributed by atoms with Crippen molar-refractivity contribution in [2.45, 2.75) is 25.2 Å². The predicted octanol–water partition coefficient (Wildman–Crippen LogP) is 4.66. The molecule has 0 spiro atoms. The van der Waals surface area contributed by atoms with E-state index in [4.69, 9.17) is 4.74 Å². The summed E-state index contributed by atoms with van der Waals surface area (Å²) in [6.45, 7) is -0.0423. The fourth-order valence-electron chi connectivity index (χ4n) is 3.43. The summed E-state index contributed by atoms with van der Waals surface area (Å²) >= 11 is 0. The molecule has 168 valence electrons. The second kappa shape index (κ2) is 9.67. The molecule has 0 saturated carbocycles. The molecule has 0 aromatic heterocycles. The molecule has 0 unspecified atom stereocenters. The minimum Gasteiger partial charge on any atom is -0.469 e. The van der Waals surface area contributed by atoms with Crippen molar-refractivity contribution in [2.24, 2.45) is 5.92 Å². The molecule has 1 aliphatic rings. The standard InChI is InChI=1S/C23H20F3NO5/c1-31-20(29)13-18-19(28)11-12-27(22(30)32-14-15-5-3-2-4-6-15)21(18)16-7-9-17(10-8-16)23(24,25)26/h2-12,18,21H,13-14H2,1H3/t18-,21+/m1/s1. The van der Waals surface area contributed by atoms with Crippen molar-refractivity contribution in [2.75, 3.05) is 7.11 Å². The third kappa shape index (κ3) is 5.35. The number of rotatable bonds is 5. The van der Waals surface area contributed by atoms with Crippen LogP contribution in [0.1, 0.15) is 29.2 Å². The SMILES string of the molecule is COC(=O)C[C@@H]1C(=O)C=CN(C(=O)OCc2ccccc2)[C@H]1c1ccc(C(F)(F)F)cc1. The third-order valence-electron chi connectivity index (χ3n) is 5.06. The Morgan fingerprint density at radius 1 is 1.03 bits per heavy atom. The van der Waals surface area contributed by atoms with Crippen LogP contribution in [0.3, 0.4) is 0 Å². The number of hydrogen-bond acceptors (Lipinski definition) is 5. The van der Waals surface area contributed by atoms with Crippen LogP contribution in [0.2, 0.25) is 0 Å². The second-order valence-electron chi connectivity index (χ2n) is 7.12. The summed E-state index contributed by atoms with van der Waals surface area (Å²) in [5, 5.41) is 0. The fourth-order valence-corrected chi connectivity index (χ4v) is 3.43. The normalized spacial score (nSPS) is 18.4. The number of alkyl halides is 3. The molecular formula is C23H20F3NO5. The van der Waals surface area contributed by atoms with E-state index >= 15 is 0 Å². The molecule has 9 heteroatoms. The van der Waals surface area contributed by atoms with Gasteiger partial charge in [0.05, 0.1) is 31.1 Å². The molecule has 1 heterocycles. The van der Waals surface area contributed by atoms with E-state index in [1.807, 2.05) is 6.07 Å². The Hall–Kier alpha value is -3.62. The van der Waals surface area contributed by atoms with E-state index in [0.29, 0.717) is 0 Å². The maximum absolute atomic E-state index is 13.0. The van der Waals surface area contributed by atoms with Crippen LogP contribution >= 0.6 is 0 Å². The molecule has 2 aromatic rings. The van der Waals surface area contributed by atoms with Crippen LogP contribution in [0.5, 0.6) is 0 Å². The Morgan fingerprint density at radius 3 is 2.28 bits per heavy atom. The van der Waals surface area contributed by atoms with E-state index in [1.54, 1.807) is 24.3 Å². The first kappa shape index (κ1) is 23.1. The molecule has 0 fully saturated rings. The Morgan fingerprint density at radius 2 is 1.69 bits per heavy atom. The summed E-state index contributed by atoms with van der Waals surface area (Å²) in [7, 11) is 1.16. The predicted molar refractivity (Wildman–Crippen MR) is 107 cm³/mol. The Labute approximate surface area is 182 Å². The van der Waals surface area contributed by atoms with E-state index in [1.165, 1.54) is 18.3 Å². The molecule has 1 aliphatic heterocycles. The minimum atomic E-state index is -4.54. The van der Waals surface area contributed by atoms with Crippen molar-refractivity contribution >= 4 is 17.8 Å². The van der Waals surface area contributed by atoms with Gasteiger partial charge in [-0.25, -0.2) is 4.79 Å². The zero-order valence-electron chi connectivity index (χ0n) is 17.0.